The van der Waals surface area contributed by atoms with Crippen molar-refractivity contribution in [3.05, 3.63) is 30.3 Å². The van der Waals surface area contributed by atoms with Crippen LogP contribution in [0.2, 0.25) is 0 Å². The number of anilines is 1. The van der Waals surface area contributed by atoms with E-state index in [0.717, 1.165) is 5.69 Å². The molecule has 0 amide bonds. The lowest BCUT2D eigenvalue weighted by atomic mass is 10.2. The molecule has 0 aromatic heterocycles. The van der Waals surface area contributed by atoms with Gasteiger partial charge in [0.2, 0.25) is 0 Å². The first-order chi connectivity index (χ1) is 8.45. The minimum atomic E-state index is -3.99. The molecular formula is C12H18N2O3S. The molecule has 1 N–H and O–H groups in total. The second kappa shape index (κ2) is 6.51. The Balaban J connectivity index is 2.60. The number of benzene rings is 1. The summed E-state index contributed by atoms with van der Waals surface area (Å²) in [7, 11) is -2.21. The van der Waals surface area contributed by atoms with E-state index >= 15 is 0 Å². The van der Waals surface area contributed by atoms with Crippen LogP contribution in [-0.2, 0) is 10.1 Å². The number of para-hydroxylation sites is 1. The van der Waals surface area contributed by atoms with Crippen molar-refractivity contribution < 1.29 is 13.0 Å². The van der Waals surface area contributed by atoms with Gasteiger partial charge < -0.3 is 0 Å². The first-order valence-corrected chi connectivity index (χ1v) is 7.23. The number of hydrogen-bond acceptors (Lipinski definition) is 4. The summed E-state index contributed by atoms with van der Waals surface area (Å²) in [6.07, 6.45) is 2.07. The molecule has 18 heavy (non-hydrogen) atoms. The summed E-state index contributed by atoms with van der Waals surface area (Å²) in [5, 5.41) is 4.99. The van der Waals surface area contributed by atoms with E-state index in [4.69, 9.17) is 4.55 Å². The van der Waals surface area contributed by atoms with Crippen LogP contribution in [0.4, 0.5) is 5.69 Å². The van der Waals surface area contributed by atoms with Gasteiger partial charge in [0, 0.05) is 19.7 Å². The smallest absolute Gasteiger partial charge is 0.268 e. The Morgan fingerprint density at radius 3 is 2.50 bits per heavy atom. The average Bonchev–Trinajstić information content (AvgIpc) is 2.34. The molecule has 0 spiro atoms. The SMILES string of the molecule is CCC(CC=NN(C)c1ccccc1)S(=O)(=O)O. The van der Waals surface area contributed by atoms with Gasteiger partial charge in [0.1, 0.15) is 0 Å². The molecule has 100 valence electrons. The molecular weight excluding hydrogens is 252 g/mol. The first kappa shape index (κ1) is 14.7. The van der Waals surface area contributed by atoms with Crippen molar-refractivity contribution >= 4 is 22.0 Å². The maximum absolute atomic E-state index is 11.0. The molecule has 0 fully saturated rings. The number of hydrogen-bond donors (Lipinski definition) is 1. The van der Waals surface area contributed by atoms with Crippen molar-refractivity contribution in [1.82, 2.24) is 0 Å². The summed E-state index contributed by atoms with van der Waals surface area (Å²) in [5.74, 6) is 0. The van der Waals surface area contributed by atoms with Crippen LogP contribution in [0.15, 0.2) is 35.4 Å². The van der Waals surface area contributed by atoms with Gasteiger partial charge in [-0.1, -0.05) is 25.1 Å². The maximum atomic E-state index is 11.0. The number of nitrogens with zero attached hydrogens (tertiary/aromatic N) is 2. The van der Waals surface area contributed by atoms with Crippen LogP contribution in [-0.4, -0.2) is 31.5 Å². The summed E-state index contributed by atoms with van der Waals surface area (Å²) >= 11 is 0. The number of rotatable bonds is 6. The Kier molecular flexibility index (Phi) is 5.30. The largest absolute Gasteiger partial charge is 0.285 e. The van der Waals surface area contributed by atoms with Crippen LogP contribution < -0.4 is 5.01 Å². The van der Waals surface area contributed by atoms with Gasteiger partial charge in [-0.15, -0.1) is 0 Å². The highest BCUT2D eigenvalue weighted by Crippen LogP contribution is 2.11. The van der Waals surface area contributed by atoms with Crippen molar-refractivity contribution in [2.24, 2.45) is 5.10 Å². The lowest BCUT2D eigenvalue weighted by Crippen LogP contribution is -2.20. The van der Waals surface area contributed by atoms with Crippen molar-refractivity contribution in [2.75, 3.05) is 12.1 Å². The van der Waals surface area contributed by atoms with E-state index in [0.29, 0.717) is 6.42 Å². The summed E-state index contributed by atoms with van der Waals surface area (Å²) in [6, 6.07) is 9.50. The summed E-state index contributed by atoms with van der Waals surface area (Å²) < 4.78 is 30.9. The van der Waals surface area contributed by atoms with Crippen LogP contribution in [0.1, 0.15) is 19.8 Å². The third-order valence-electron chi connectivity index (χ3n) is 2.63. The summed E-state index contributed by atoms with van der Waals surface area (Å²) in [6.45, 7) is 1.72. The Bertz CT molecular complexity index is 485. The van der Waals surface area contributed by atoms with Gasteiger partial charge in [0.05, 0.1) is 10.9 Å². The highest BCUT2D eigenvalue weighted by molar-refractivity contribution is 7.86. The molecule has 1 atom stereocenters. The van der Waals surface area contributed by atoms with Gasteiger partial charge in [0.15, 0.2) is 0 Å². The van der Waals surface area contributed by atoms with E-state index in [1.54, 1.807) is 19.0 Å². The van der Waals surface area contributed by atoms with E-state index in [2.05, 4.69) is 5.10 Å². The topological polar surface area (TPSA) is 70.0 Å². The van der Waals surface area contributed by atoms with E-state index in [9.17, 15) is 8.42 Å². The lowest BCUT2D eigenvalue weighted by Gasteiger charge is -2.13. The van der Waals surface area contributed by atoms with Gasteiger partial charge in [-0.3, -0.25) is 9.56 Å². The molecule has 0 saturated heterocycles. The Hall–Kier alpha value is -1.40. The van der Waals surface area contributed by atoms with Crippen LogP contribution in [0.5, 0.6) is 0 Å². The standard InChI is InChI=1S/C12H18N2O3S/c1-3-12(18(15,16)17)9-10-13-14(2)11-7-5-4-6-8-11/h4-8,10,12H,3,9H2,1-2H3,(H,15,16,17). The third kappa shape index (κ3) is 4.46. The highest BCUT2D eigenvalue weighted by Gasteiger charge is 2.19. The van der Waals surface area contributed by atoms with Gasteiger partial charge >= 0.3 is 0 Å². The van der Waals surface area contributed by atoms with Crippen molar-refractivity contribution in [1.29, 1.82) is 0 Å². The predicted molar refractivity (Wildman–Crippen MR) is 73.6 cm³/mol. The molecule has 0 aliphatic rings. The molecule has 0 saturated carbocycles. The number of hydrazone groups is 1. The van der Waals surface area contributed by atoms with Crippen molar-refractivity contribution in [3.8, 4) is 0 Å². The van der Waals surface area contributed by atoms with Crippen molar-refractivity contribution in [3.63, 3.8) is 0 Å². The second-order valence-corrected chi connectivity index (χ2v) is 5.63. The van der Waals surface area contributed by atoms with Gasteiger partial charge in [-0.25, -0.2) is 0 Å². The predicted octanol–water partition coefficient (Wildman–Crippen LogP) is 2.17. The van der Waals surface area contributed by atoms with E-state index in [1.165, 1.54) is 6.21 Å². The average molecular weight is 270 g/mol. The van der Waals surface area contributed by atoms with Gasteiger partial charge in [0.25, 0.3) is 10.1 Å². The zero-order chi connectivity index (χ0) is 13.6. The monoisotopic (exact) mass is 270 g/mol. The Morgan fingerprint density at radius 1 is 1.39 bits per heavy atom. The Labute approximate surface area is 108 Å². The normalized spacial score (nSPS) is 13.7. The fourth-order valence-corrected chi connectivity index (χ4v) is 2.25. The minimum absolute atomic E-state index is 0.201. The van der Waals surface area contributed by atoms with Crippen LogP contribution >= 0.6 is 0 Å². The van der Waals surface area contributed by atoms with E-state index in [-0.39, 0.29) is 6.42 Å². The highest BCUT2D eigenvalue weighted by atomic mass is 32.2. The van der Waals surface area contributed by atoms with Gasteiger partial charge in [-0.05, 0) is 18.6 Å². The fraction of sp³-hybridized carbons (Fsp3) is 0.417. The molecule has 0 heterocycles. The molecule has 1 aromatic carbocycles. The van der Waals surface area contributed by atoms with Gasteiger partial charge in [-0.2, -0.15) is 13.5 Å². The van der Waals surface area contributed by atoms with E-state index < -0.39 is 15.4 Å². The molecule has 0 aliphatic heterocycles. The zero-order valence-corrected chi connectivity index (χ0v) is 11.3. The van der Waals surface area contributed by atoms with Crippen LogP contribution in [0.25, 0.3) is 0 Å². The molecule has 1 aromatic rings. The van der Waals surface area contributed by atoms with Crippen molar-refractivity contribution in [2.45, 2.75) is 25.0 Å². The maximum Gasteiger partial charge on any atom is 0.268 e. The summed E-state index contributed by atoms with van der Waals surface area (Å²) in [4.78, 5) is 0. The molecule has 0 aliphatic carbocycles. The minimum Gasteiger partial charge on any atom is -0.285 e. The molecule has 6 heteroatoms. The summed E-state index contributed by atoms with van der Waals surface area (Å²) in [5.41, 5.74) is 0.911. The molecule has 1 unspecified atom stereocenters. The molecule has 1 rings (SSSR count). The first-order valence-electron chi connectivity index (χ1n) is 5.72. The third-order valence-corrected chi connectivity index (χ3v) is 4.00. The quantitative estimate of drug-likeness (QED) is 0.488. The second-order valence-electron chi connectivity index (χ2n) is 3.94. The van der Waals surface area contributed by atoms with Crippen LogP contribution in [0.3, 0.4) is 0 Å². The Morgan fingerprint density at radius 2 is 2.00 bits per heavy atom. The molecule has 0 bridgehead atoms. The lowest BCUT2D eigenvalue weighted by molar-refractivity contribution is 0.466. The zero-order valence-electron chi connectivity index (χ0n) is 10.5. The fourth-order valence-electron chi connectivity index (χ4n) is 1.50. The van der Waals surface area contributed by atoms with Crippen LogP contribution in [0, 0.1) is 0 Å². The molecule has 0 radical (unpaired) electrons. The molecule has 5 nitrogen and oxygen atoms in total. The van der Waals surface area contributed by atoms with E-state index in [1.807, 2.05) is 30.3 Å².